The van der Waals surface area contributed by atoms with Crippen LogP contribution in [0.2, 0.25) is 0 Å². The molecule has 27 heteroatoms. The molecule has 0 bridgehead atoms. The normalized spacial score (nSPS) is 20.4. The van der Waals surface area contributed by atoms with Gasteiger partial charge < -0.3 is 37.4 Å². The Morgan fingerprint density at radius 2 is 1.61 bits per heavy atom. The maximum atomic E-state index is 13.1. The lowest BCUT2D eigenvalue weighted by atomic mass is 9.93. The molecule has 2 aromatic heterocycles. The van der Waals surface area contributed by atoms with Gasteiger partial charge in [-0.05, 0) is 0 Å². The van der Waals surface area contributed by atoms with Gasteiger partial charge in [-0.15, -0.1) is 0 Å². The maximum Gasteiger partial charge on any atom is 0.533 e. The first-order valence-corrected chi connectivity index (χ1v) is 23.7. The van der Waals surface area contributed by atoms with Gasteiger partial charge in [0, 0.05) is 62.0 Å². The minimum absolute atomic E-state index is 0.0131. The fourth-order valence-corrected chi connectivity index (χ4v) is 8.71. The number of nitrogens with zero attached hydrogens (tertiary/aromatic N) is 5. The van der Waals surface area contributed by atoms with Crippen molar-refractivity contribution >= 4 is 105 Å². The summed E-state index contributed by atoms with van der Waals surface area (Å²) < 4.78 is 56.0. The zero-order chi connectivity index (χ0) is 45.0. The van der Waals surface area contributed by atoms with E-state index >= 15 is 0 Å². The van der Waals surface area contributed by atoms with Crippen molar-refractivity contribution in [1.29, 1.82) is 0 Å². The van der Waals surface area contributed by atoms with Crippen molar-refractivity contribution in [2.24, 2.45) is 10.8 Å². The van der Waals surface area contributed by atoms with E-state index in [1.54, 1.807) is 13.8 Å². The lowest BCUT2D eigenvalue weighted by molar-refractivity contribution is -0.176. The van der Waals surface area contributed by atoms with Crippen molar-refractivity contribution in [3.05, 3.63) is 12.7 Å². The summed E-state index contributed by atoms with van der Waals surface area (Å²) in [6, 6.07) is 0. The fraction of sp³-hybridized carbons (Fsp3) is 0.676. The number of esters is 2. The molecule has 4 heterocycles. The molecule has 61 heavy (non-hydrogen) atoms. The van der Waals surface area contributed by atoms with E-state index in [4.69, 9.17) is 32.7 Å². The van der Waals surface area contributed by atoms with E-state index < -0.39 is 79.7 Å². The monoisotopic (exact) mass is 1030 g/mol. The van der Waals surface area contributed by atoms with E-state index in [0.29, 0.717) is 40.1 Å². The maximum absolute atomic E-state index is 13.1. The first-order chi connectivity index (χ1) is 28.7. The molecule has 2 saturated heterocycles. The summed E-state index contributed by atoms with van der Waals surface area (Å²) in [6.07, 6.45) is -3.07. The number of imide groups is 1. The summed E-state index contributed by atoms with van der Waals surface area (Å²) in [6.45, 7) is 9.47. The van der Waals surface area contributed by atoms with E-state index in [-0.39, 0.29) is 51.6 Å². The first-order valence-electron chi connectivity index (χ1n) is 18.7. The zero-order valence-electron chi connectivity index (χ0n) is 34.2. The fourth-order valence-electron chi connectivity index (χ4n) is 5.58. The van der Waals surface area contributed by atoms with Crippen LogP contribution in [0.15, 0.2) is 12.7 Å². The molecule has 2 aromatic rings. The summed E-state index contributed by atoms with van der Waals surface area (Å²) >= 11 is 1.89. The van der Waals surface area contributed by atoms with Gasteiger partial charge in [-0.3, -0.25) is 42.4 Å². The summed E-state index contributed by atoms with van der Waals surface area (Å²) in [5.74, 6) is -1.50. The molecule has 0 aliphatic carbocycles. The third-order valence-electron chi connectivity index (χ3n) is 8.44. The van der Waals surface area contributed by atoms with E-state index in [9.17, 15) is 38.2 Å². The summed E-state index contributed by atoms with van der Waals surface area (Å²) in [5, 5.41) is 3.29. The van der Waals surface area contributed by atoms with Crippen LogP contribution in [0.25, 0.3) is 11.2 Å². The molecule has 0 saturated carbocycles. The minimum Gasteiger partial charge on any atom is -0.456 e. The Balaban J connectivity index is 1.16. The van der Waals surface area contributed by atoms with Gasteiger partial charge in [0.15, 0.2) is 35.4 Å². The number of aromatic nitrogens is 4. The highest BCUT2D eigenvalue weighted by Crippen LogP contribution is 2.46. The molecule has 1 unspecified atom stereocenters. The summed E-state index contributed by atoms with van der Waals surface area (Å²) in [7, 11) is -1.94. The number of amides is 3. The number of ether oxygens (including phenoxy) is 5. The standard InChI is InChI=1S/C34H49IN7O16PS2/c1-20(43)55-27-22(57-31(28(27)56-21(2)44)41-19-39-26-29(40-35)37-18-38-30(26)41)13-53-59(49,50)54-17-34(5,6)16-51-15-33(3,4)14-36-23(45)9-11-60-61-12-10-52-32(48)58-42-24(46)7-8-25(42)47/h18-19,22,27-28,31H,7-17H2,1-6H3,(H,36,45)(H,49,50)(H,37,38,40)/t22-,27-,28-,31-/m1/s1. The number of rotatable bonds is 24. The van der Waals surface area contributed by atoms with Crippen LogP contribution in [0.5, 0.6) is 0 Å². The third-order valence-corrected chi connectivity index (χ3v) is 12.2. The Morgan fingerprint density at radius 1 is 0.951 bits per heavy atom. The first kappa shape index (κ1) is 50.3. The Labute approximate surface area is 372 Å². The van der Waals surface area contributed by atoms with Gasteiger partial charge in [0.25, 0.3) is 11.8 Å². The number of phosphoric acid groups is 1. The molecule has 23 nitrogen and oxygen atoms in total. The quantitative estimate of drug-likeness (QED) is 0.0198. The molecule has 2 aliphatic heterocycles. The van der Waals surface area contributed by atoms with Crippen LogP contribution < -0.4 is 8.85 Å². The van der Waals surface area contributed by atoms with Gasteiger partial charge in [-0.1, -0.05) is 54.3 Å². The Hall–Kier alpha value is -3.37. The van der Waals surface area contributed by atoms with Crippen molar-refractivity contribution < 1.29 is 75.8 Å². The van der Waals surface area contributed by atoms with E-state index in [1.807, 2.05) is 36.7 Å². The second kappa shape index (κ2) is 22.8. The van der Waals surface area contributed by atoms with Crippen molar-refractivity contribution in [3.63, 3.8) is 0 Å². The smallest absolute Gasteiger partial charge is 0.456 e. The molecule has 5 atom stereocenters. The number of hydroxylamine groups is 2. The van der Waals surface area contributed by atoms with Crippen molar-refractivity contribution in [2.75, 3.05) is 54.6 Å². The highest BCUT2D eigenvalue weighted by Gasteiger charge is 2.51. The van der Waals surface area contributed by atoms with Gasteiger partial charge in [-0.2, -0.15) is 0 Å². The third kappa shape index (κ3) is 15.7. The van der Waals surface area contributed by atoms with Crippen molar-refractivity contribution in [1.82, 2.24) is 29.9 Å². The second-order valence-corrected chi connectivity index (χ2v) is 19.9. The highest BCUT2D eigenvalue weighted by atomic mass is 127. The van der Waals surface area contributed by atoms with Crippen LogP contribution in [0.4, 0.5) is 10.6 Å². The largest absolute Gasteiger partial charge is 0.533 e. The van der Waals surface area contributed by atoms with Gasteiger partial charge in [0.2, 0.25) is 5.91 Å². The second-order valence-electron chi connectivity index (χ2n) is 15.2. The SMILES string of the molecule is CC(=O)O[C@@H]1[C@H](OC(C)=O)[C@@H](COP(=O)(O)OCC(C)(C)COCC(C)(C)CNC(=O)CCSSCCOC(=O)ON2C(=O)CCC2=O)O[C@H]1n1cnc2c(NI)ncnc21. The van der Waals surface area contributed by atoms with Crippen LogP contribution in [-0.2, 0) is 66.1 Å². The van der Waals surface area contributed by atoms with Crippen LogP contribution in [0.3, 0.4) is 0 Å². The molecule has 340 valence electrons. The zero-order valence-corrected chi connectivity index (χ0v) is 38.9. The molecule has 2 fully saturated rings. The number of imidazole rings is 1. The molecular formula is C34H49IN7O16PS2. The van der Waals surface area contributed by atoms with Crippen LogP contribution in [0.1, 0.15) is 67.0 Å². The topological polar surface area (TPSA) is 284 Å². The number of nitrogens with one attached hydrogen (secondary N) is 2. The average molecular weight is 1030 g/mol. The van der Waals surface area contributed by atoms with Crippen molar-refractivity contribution in [2.45, 2.75) is 85.3 Å². The Bertz CT molecular complexity index is 1930. The van der Waals surface area contributed by atoms with E-state index in [2.05, 4.69) is 28.6 Å². The number of hydrogen-bond acceptors (Lipinski definition) is 21. The molecule has 0 radical (unpaired) electrons. The lowest BCUT2D eigenvalue weighted by Crippen LogP contribution is -2.40. The molecule has 3 amide bonds. The van der Waals surface area contributed by atoms with Gasteiger partial charge in [0.1, 0.15) is 19.0 Å². The molecule has 0 spiro atoms. The van der Waals surface area contributed by atoms with E-state index in [1.165, 1.54) is 45.7 Å². The molecule has 2 aliphatic rings. The van der Waals surface area contributed by atoms with Gasteiger partial charge >= 0.3 is 25.9 Å². The van der Waals surface area contributed by atoms with Gasteiger partial charge in [-0.25, -0.2) is 24.3 Å². The van der Waals surface area contributed by atoms with Crippen molar-refractivity contribution in [3.8, 4) is 0 Å². The minimum atomic E-state index is -4.73. The average Bonchev–Trinajstić information content (AvgIpc) is 3.86. The summed E-state index contributed by atoms with van der Waals surface area (Å²) in [5.41, 5.74) is -0.548. The van der Waals surface area contributed by atoms with Crippen LogP contribution >= 0.6 is 52.3 Å². The molecule has 0 aromatic carbocycles. The summed E-state index contributed by atoms with van der Waals surface area (Å²) in [4.78, 5) is 99.3. The number of phosphoric ester groups is 1. The van der Waals surface area contributed by atoms with E-state index in [0.717, 1.165) is 6.92 Å². The van der Waals surface area contributed by atoms with Gasteiger partial charge in [0.05, 0.1) is 55.6 Å². The predicted molar refractivity (Wildman–Crippen MR) is 224 cm³/mol. The molecule has 3 N–H and O–H groups in total. The van der Waals surface area contributed by atoms with Crippen LogP contribution in [0, 0.1) is 10.8 Å². The molecular weight excluding hydrogens is 984 g/mol. The Morgan fingerprint density at radius 3 is 2.28 bits per heavy atom. The number of carbonyl (C=O) groups excluding carboxylic acids is 6. The molecule has 4 rings (SSSR count). The number of hydrogen-bond donors (Lipinski definition) is 3. The predicted octanol–water partition coefficient (Wildman–Crippen LogP) is 3.66. The lowest BCUT2D eigenvalue weighted by Gasteiger charge is -2.29. The number of anilines is 1. The van der Waals surface area contributed by atoms with Crippen LogP contribution in [-0.4, -0.2) is 135 Å². The Kier molecular flexibility index (Phi) is 18.8. The number of carbonyl (C=O) groups is 6. The highest BCUT2D eigenvalue weighted by molar-refractivity contribution is 14.1. The number of halogens is 1. The number of fused-ring (bicyclic) bond motifs is 1.